The molecule has 1 fully saturated rings. The normalized spacial score (nSPS) is 16.2. The smallest absolute Gasteiger partial charge is 0.336 e. The number of benzene rings is 1. The Kier molecular flexibility index (Phi) is 2.91. The van der Waals surface area contributed by atoms with Crippen LogP contribution < -0.4 is 10.2 Å². The maximum Gasteiger partial charge on any atom is 0.417 e. The first kappa shape index (κ1) is 12.0. The van der Waals surface area contributed by atoms with Gasteiger partial charge in [0.15, 0.2) is 0 Å². The molecule has 1 saturated heterocycles. The molecule has 0 radical (unpaired) electrons. The van der Waals surface area contributed by atoms with Gasteiger partial charge in [-0.15, -0.1) is 0 Å². The van der Waals surface area contributed by atoms with Gasteiger partial charge in [0.1, 0.15) is 0 Å². The molecule has 7 heteroatoms. The summed E-state index contributed by atoms with van der Waals surface area (Å²) >= 11 is 5.48. The Morgan fingerprint density at radius 1 is 1.35 bits per heavy atom. The fourth-order valence-electron chi connectivity index (χ4n) is 1.62. The lowest BCUT2D eigenvalue weighted by molar-refractivity contribution is -0.137. The Hall–Kier alpha value is -1.43. The second-order valence-corrected chi connectivity index (χ2v) is 3.95. The molecule has 0 bridgehead atoms. The highest BCUT2D eigenvalue weighted by Gasteiger charge is 2.34. The van der Waals surface area contributed by atoms with Crippen molar-refractivity contribution >= 4 is 23.3 Å². The van der Waals surface area contributed by atoms with Crippen LogP contribution in [0.1, 0.15) is 5.56 Å². The summed E-state index contributed by atoms with van der Waals surface area (Å²) in [6.45, 7) is 0.764. The Morgan fingerprint density at radius 3 is 2.59 bits per heavy atom. The Labute approximate surface area is 100 Å². The topological polar surface area (TPSA) is 32.3 Å². The molecule has 17 heavy (non-hydrogen) atoms. The number of nitrogens with one attached hydrogen (secondary N) is 1. The summed E-state index contributed by atoms with van der Waals surface area (Å²) in [6, 6.07) is 3.02. The van der Waals surface area contributed by atoms with Crippen LogP contribution in [0.15, 0.2) is 18.2 Å². The lowest BCUT2D eigenvalue weighted by Crippen LogP contribution is -2.27. The van der Waals surface area contributed by atoms with Crippen molar-refractivity contribution in [2.45, 2.75) is 6.18 Å². The number of amides is 2. The Balaban J connectivity index is 2.41. The van der Waals surface area contributed by atoms with Crippen LogP contribution in [0.5, 0.6) is 0 Å². The standard InChI is InChI=1S/C10H8ClF3N2O/c11-8-2-1-6(5-7(8)10(12,13)14)16-4-3-15-9(16)17/h1-2,5H,3-4H2,(H,15,17). The zero-order valence-electron chi connectivity index (χ0n) is 8.51. The molecule has 0 atom stereocenters. The highest BCUT2D eigenvalue weighted by Crippen LogP contribution is 2.37. The molecule has 92 valence electrons. The van der Waals surface area contributed by atoms with Crippen molar-refractivity contribution in [3.05, 3.63) is 28.8 Å². The molecular weight excluding hydrogens is 257 g/mol. The van der Waals surface area contributed by atoms with Crippen LogP contribution in [0.25, 0.3) is 0 Å². The number of anilines is 1. The second-order valence-electron chi connectivity index (χ2n) is 3.55. The largest absolute Gasteiger partial charge is 0.417 e. The highest BCUT2D eigenvalue weighted by atomic mass is 35.5. The fraction of sp³-hybridized carbons (Fsp3) is 0.300. The van der Waals surface area contributed by atoms with E-state index >= 15 is 0 Å². The Bertz CT molecular complexity index is 461. The minimum absolute atomic E-state index is 0.191. The molecule has 1 aromatic rings. The molecule has 2 amide bonds. The fourth-order valence-corrected chi connectivity index (χ4v) is 1.84. The third kappa shape index (κ3) is 2.31. The molecule has 2 rings (SSSR count). The average Bonchev–Trinajstić information content (AvgIpc) is 2.63. The lowest BCUT2D eigenvalue weighted by atomic mass is 10.2. The predicted octanol–water partition coefficient (Wildman–Crippen LogP) is 2.89. The molecule has 1 N–H and O–H groups in total. The molecule has 1 aliphatic heterocycles. The Morgan fingerprint density at radius 2 is 2.06 bits per heavy atom. The minimum atomic E-state index is -4.52. The molecule has 0 unspecified atom stereocenters. The quantitative estimate of drug-likeness (QED) is 0.831. The SMILES string of the molecule is O=C1NCCN1c1ccc(Cl)c(C(F)(F)F)c1. The number of rotatable bonds is 1. The summed E-state index contributed by atoms with van der Waals surface area (Å²) in [5, 5.41) is 2.14. The van der Waals surface area contributed by atoms with E-state index in [1.54, 1.807) is 0 Å². The summed E-state index contributed by atoms with van der Waals surface area (Å²) in [5.41, 5.74) is -0.743. The van der Waals surface area contributed by atoms with Crippen LogP contribution in [0.2, 0.25) is 5.02 Å². The van der Waals surface area contributed by atoms with Crippen LogP contribution in [-0.2, 0) is 6.18 Å². The first-order valence-electron chi connectivity index (χ1n) is 4.82. The number of halogens is 4. The highest BCUT2D eigenvalue weighted by molar-refractivity contribution is 6.31. The van der Waals surface area contributed by atoms with Crippen LogP contribution >= 0.6 is 11.6 Å². The predicted molar refractivity (Wildman–Crippen MR) is 57.2 cm³/mol. The van der Waals surface area contributed by atoms with Crippen LogP contribution in [0, 0.1) is 0 Å². The summed E-state index contributed by atoms with van der Waals surface area (Å²) in [5.74, 6) is 0. The summed E-state index contributed by atoms with van der Waals surface area (Å²) in [6.07, 6.45) is -4.52. The van der Waals surface area contributed by atoms with Gasteiger partial charge in [0.2, 0.25) is 0 Å². The first-order chi connectivity index (χ1) is 7.89. The van der Waals surface area contributed by atoms with Crippen molar-refractivity contribution in [2.24, 2.45) is 0 Å². The van der Waals surface area contributed by atoms with Gasteiger partial charge in [-0.05, 0) is 18.2 Å². The van der Waals surface area contributed by atoms with E-state index in [1.165, 1.54) is 11.0 Å². The van der Waals surface area contributed by atoms with Crippen molar-refractivity contribution in [2.75, 3.05) is 18.0 Å². The average molecular weight is 265 g/mol. The van der Waals surface area contributed by atoms with Crippen molar-refractivity contribution in [3.63, 3.8) is 0 Å². The molecule has 0 spiro atoms. The minimum Gasteiger partial charge on any atom is -0.336 e. The van der Waals surface area contributed by atoms with E-state index in [9.17, 15) is 18.0 Å². The first-order valence-corrected chi connectivity index (χ1v) is 5.19. The number of hydrogen-bond donors (Lipinski definition) is 1. The van der Waals surface area contributed by atoms with Gasteiger partial charge < -0.3 is 5.32 Å². The summed E-state index contributed by atoms with van der Waals surface area (Å²) in [7, 11) is 0. The van der Waals surface area contributed by atoms with E-state index in [0.29, 0.717) is 13.1 Å². The number of alkyl halides is 3. The van der Waals surface area contributed by atoms with Gasteiger partial charge in [0, 0.05) is 18.8 Å². The third-order valence-corrected chi connectivity index (χ3v) is 2.75. The van der Waals surface area contributed by atoms with Gasteiger partial charge in [-0.1, -0.05) is 11.6 Å². The van der Waals surface area contributed by atoms with Crippen molar-refractivity contribution in [3.8, 4) is 0 Å². The maximum absolute atomic E-state index is 12.6. The molecule has 1 aromatic carbocycles. The molecule has 0 aromatic heterocycles. The van der Waals surface area contributed by atoms with Gasteiger partial charge >= 0.3 is 12.2 Å². The van der Waals surface area contributed by atoms with Crippen molar-refractivity contribution < 1.29 is 18.0 Å². The van der Waals surface area contributed by atoms with Gasteiger partial charge in [-0.25, -0.2) is 4.79 Å². The summed E-state index contributed by atoms with van der Waals surface area (Å²) in [4.78, 5) is 12.6. The van der Waals surface area contributed by atoms with E-state index < -0.39 is 17.8 Å². The lowest BCUT2D eigenvalue weighted by Gasteiger charge is -2.17. The van der Waals surface area contributed by atoms with Gasteiger partial charge in [-0.3, -0.25) is 4.90 Å². The van der Waals surface area contributed by atoms with Crippen LogP contribution in [0.4, 0.5) is 23.7 Å². The number of urea groups is 1. The number of nitrogens with zero attached hydrogens (tertiary/aromatic N) is 1. The van der Waals surface area contributed by atoms with Crippen molar-refractivity contribution in [1.29, 1.82) is 0 Å². The van der Waals surface area contributed by atoms with E-state index in [1.807, 2.05) is 0 Å². The summed E-state index contributed by atoms with van der Waals surface area (Å²) < 4.78 is 37.8. The molecule has 3 nitrogen and oxygen atoms in total. The zero-order valence-corrected chi connectivity index (χ0v) is 9.27. The maximum atomic E-state index is 12.6. The number of carbonyl (C=O) groups excluding carboxylic acids is 1. The molecule has 1 heterocycles. The second kappa shape index (κ2) is 4.10. The monoisotopic (exact) mass is 264 g/mol. The van der Waals surface area contributed by atoms with Crippen LogP contribution in [-0.4, -0.2) is 19.1 Å². The molecule has 1 aliphatic rings. The van der Waals surface area contributed by atoms with Gasteiger partial charge in [-0.2, -0.15) is 13.2 Å². The van der Waals surface area contributed by atoms with Gasteiger partial charge in [0.05, 0.1) is 10.6 Å². The molecule has 0 aliphatic carbocycles. The van der Waals surface area contributed by atoms with E-state index in [-0.39, 0.29) is 10.7 Å². The molecule has 0 saturated carbocycles. The van der Waals surface area contributed by atoms with Crippen LogP contribution in [0.3, 0.4) is 0 Å². The van der Waals surface area contributed by atoms with E-state index in [0.717, 1.165) is 12.1 Å². The number of hydrogen-bond acceptors (Lipinski definition) is 1. The van der Waals surface area contributed by atoms with E-state index in [4.69, 9.17) is 11.6 Å². The van der Waals surface area contributed by atoms with Crippen molar-refractivity contribution in [1.82, 2.24) is 5.32 Å². The van der Waals surface area contributed by atoms with Gasteiger partial charge in [0.25, 0.3) is 0 Å². The number of carbonyl (C=O) groups is 1. The van der Waals surface area contributed by atoms with E-state index in [2.05, 4.69) is 5.32 Å². The molecular formula is C10H8ClF3N2O. The zero-order chi connectivity index (χ0) is 12.6. The third-order valence-electron chi connectivity index (χ3n) is 2.42.